The van der Waals surface area contributed by atoms with Gasteiger partial charge in [-0.2, -0.15) is 0 Å². The number of hydrogen-bond donors (Lipinski definition) is 0. The Labute approximate surface area is 139 Å². The van der Waals surface area contributed by atoms with Crippen molar-refractivity contribution >= 4 is 29.4 Å². The molecule has 0 amide bonds. The number of methoxy groups -OCH3 is 2. The van der Waals surface area contributed by atoms with Crippen LogP contribution in [0.4, 0.5) is 0 Å². The average Bonchev–Trinajstić information content (AvgIpc) is 2.52. The first-order valence-corrected chi connectivity index (χ1v) is 7.21. The molecule has 2 rings (SSSR count). The molecule has 0 radical (unpaired) electrons. The van der Waals surface area contributed by atoms with E-state index in [1.54, 1.807) is 38.6 Å². The Hall–Kier alpha value is -1.91. The lowest BCUT2D eigenvalue weighted by Gasteiger charge is -2.09. The van der Waals surface area contributed by atoms with Gasteiger partial charge in [0.15, 0.2) is 11.5 Å². The zero-order chi connectivity index (χ0) is 15.9. The molecule has 0 aliphatic heterocycles. The van der Waals surface area contributed by atoms with E-state index in [2.05, 4.69) is 5.16 Å². The van der Waals surface area contributed by atoms with Crippen molar-refractivity contribution in [2.45, 2.75) is 6.61 Å². The highest BCUT2D eigenvalue weighted by Gasteiger charge is 2.07. The summed E-state index contributed by atoms with van der Waals surface area (Å²) < 4.78 is 10.5. The molecule has 0 saturated heterocycles. The standard InChI is InChI=1S/C16H15Cl2NO3/c1-20-15-5-3-4-11(16(15)21-2)9-19-22-10-12-6-7-13(17)8-14(12)18/h3-9H,10H2,1-2H3/b19-9-. The van der Waals surface area contributed by atoms with E-state index in [0.717, 1.165) is 11.1 Å². The van der Waals surface area contributed by atoms with Crippen molar-refractivity contribution < 1.29 is 14.3 Å². The number of nitrogens with zero attached hydrogens (tertiary/aromatic N) is 1. The molecule has 22 heavy (non-hydrogen) atoms. The van der Waals surface area contributed by atoms with Gasteiger partial charge in [0.2, 0.25) is 0 Å². The maximum atomic E-state index is 6.06. The predicted molar refractivity (Wildman–Crippen MR) is 88.4 cm³/mol. The molecule has 0 aliphatic carbocycles. The van der Waals surface area contributed by atoms with E-state index >= 15 is 0 Å². The van der Waals surface area contributed by atoms with Crippen LogP contribution in [-0.2, 0) is 11.4 Å². The summed E-state index contributed by atoms with van der Waals surface area (Å²) in [5, 5.41) is 5.06. The quantitative estimate of drug-likeness (QED) is 0.572. The van der Waals surface area contributed by atoms with E-state index in [9.17, 15) is 0 Å². The van der Waals surface area contributed by atoms with Crippen molar-refractivity contribution in [3.8, 4) is 11.5 Å². The fourth-order valence-corrected chi connectivity index (χ4v) is 2.32. The Balaban J connectivity index is 2.04. The highest BCUT2D eigenvalue weighted by molar-refractivity contribution is 6.35. The minimum Gasteiger partial charge on any atom is -0.493 e. The maximum Gasteiger partial charge on any atom is 0.169 e. The van der Waals surface area contributed by atoms with Gasteiger partial charge < -0.3 is 14.3 Å². The second kappa shape index (κ2) is 7.92. The van der Waals surface area contributed by atoms with Gasteiger partial charge in [0, 0.05) is 21.2 Å². The van der Waals surface area contributed by atoms with Crippen LogP contribution >= 0.6 is 23.2 Å². The molecule has 0 spiro atoms. The summed E-state index contributed by atoms with van der Waals surface area (Å²) in [6, 6.07) is 10.7. The van der Waals surface area contributed by atoms with Crippen LogP contribution < -0.4 is 9.47 Å². The Bertz CT molecular complexity index is 674. The maximum absolute atomic E-state index is 6.06. The fraction of sp³-hybridized carbons (Fsp3) is 0.188. The number of oxime groups is 1. The smallest absolute Gasteiger partial charge is 0.169 e. The van der Waals surface area contributed by atoms with E-state index in [1.165, 1.54) is 0 Å². The molecule has 0 saturated carbocycles. The van der Waals surface area contributed by atoms with Crippen molar-refractivity contribution in [2.24, 2.45) is 5.16 Å². The molecule has 4 nitrogen and oxygen atoms in total. The topological polar surface area (TPSA) is 40.0 Å². The lowest BCUT2D eigenvalue weighted by atomic mass is 10.2. The molecule has 0 unspecified atom stereocenters. The molecule has 0 fully saturated rings. The van der Waals surface area contributed by atoms with Gasteiger partial charge in [0.25, 0.3) is 0 Å². The number of rotatable bonds is 6. The molecular weight excluding hydrogens is 325 g/mol. The number of benzene rings is 2. The highest BCUT2D eigenvalue weighted by atomic mass is 35.5. The van der Waals surface area contributed by atoms with Crippen molar-refractivity contribution in [1.29, 1.82) is 0 Å². The molecular formula is C16H15Cl2NO3. The van der Waals surface area contributed by atoms with Gasteiger partial charge in [-0.25, -0.2) is 0 Å². The molecule has 6 heteroatoms. The van der Waals surface area contributed by atoms with Gasteiger partial charge in [-0.15, -0.1) is 0 Å². The Morgan fingerprint density at radius 3 is 2.59 bits per heavy atom. The molecule has 0 heterocycles. The van der Waals surface area contributed by atoms with Gasteiger partial charge >= 0.3 is 0 Å². The van der Waals surface area contributed by atoms with Gasteiger partial charge in [-0.1, -0.05) is 40.5 Å². The van der Waals surface area contributed by atoms with Crippen molar-refractivity contribution in [2.75, 3.05) is 14.2 Å². The number of para-hydroxylation sites is 1. The summed E-state index contributed by atoms with van der Waals surface area (Å²) in [4.78, 5) is 5.26. The first kappa shape index (κ1) is 16.5. The summed E-state index contributed by atoms with van der Waals surface area (Å²) in [6.07, 6.45) is 1.56. The number of ether oxygens (including phenoxy) is 2. The molecule has 0 N–H and O–H groups in total. The van der Waals surface area contributed by atoms with E-state index in [4.69, 9.17) is 37.5 Å². The van der Waals surface area contributed by atoms with Gasteiger partial charge in [-0.05, 0) is 24.3 Å². The Morgan fingerprint density at radius 1 is 1.09 bits per heavy atom. The first-order valence-electron chi connectivity index (χ1n) is 6.46. The normalized spacial score (nSPS) is 10.7. The molecule has 2 aromatic rings. The summed E-state index contributed by atoms with van der Waals surface area (Å²) in [7, 11) is 3.15. The van der Waals surface area contributed by atoms with Crippen LogP contribution in [0.15, 0.2) is 41.6 Å². The zero-order valence-electron chi connectivity index (χ0n) is 12.2. The van der Waals surface area contributed by atoms with Gasteiger partial charge in [-0.3, -0.25) is 0 Å². The van der Waals surface area contributed by atoms with Crippen LogP contribution in [0, 0.1) is 0 Å². The summed E-state index contributed by atoms with van der Waals surface area (Å²) in [5.41, 5.74) is 1.56. The third-order valence-electron chi connectivity index (χ3n) is 2.93. The average molecular weight is 340 g/mol. The lowest BCUT2D eigenvalue weighted by Crippen LogP contribution is -1.96. The van der Waals surface area contributed by atoms with Crippen LogP contribution in [0.3, 0.4) is 0 Å². The molecule has 2 aromatic carbocycles. The predicted octanol–water partition coefficient (Wildman–Crippen LogP) is 4.56. The largest absolute Gasteiger partial charge is 0.493 e. The van der Waals surface area contributed by atoms with Crippen molar-refractivity contribution in [3.05, 3.63) is 57.6 Å². The van der Waals surface area contributed by atoms with Crippen LogP contribution in [-0.4, -0.2) is 20.4 Å². The molecule has 116 valence electrons. The summed E-state index contributed by atoms with van der Waals surface area (Å²) in [5.74, 6) is 1.23. The second-order valence-electron chi connectivity index (χ2n) is 4.33. The monoisotopic (exact) mass is 339 g/mol. The minimum absolute atomic E-state index is 0.249. The molecule has 0 aliphatic rings. The van der Waals surface area contributed by atoms with Crippen LogP contribution in [0.2, 0.25) is 10.0 Å². The third-order valence-corrected chi connectivity index (χ3v) is 3.52. The number of hydrogen-bond acceptors (Lipinski definition) is 4. The van der Waals surface area contributed by atoms with Gasteiger partial charge in [0.1, 0.15) is 6.61 Å². The third kappa shape index (κ3) is 4.06. The van der Waals surface area contributed by atoms with Crippen LogP contribution in [0.1, 0.15) is 11.1 Å². The van der Waals surface area contributed by atoms with Crippen molar-refractivity contribution in [1.82, 2.24) is 0 Å². The molecule has 0 aromatic heterocycles. The molecule has 0 bridgehead atoms. The number of halogens is 2. The first-order chi connectivity index (χ1) is 10.7. The summed E-state index contributed by atoms with van der Waals surface area (Å²) >= 11 is 11.9. The minimum atomic E-state index is 0.249. The van der Waals surface area contributed by atoms with Crippen molar-refractivity contribution in [3.63, 3.8) is 0 Å². The zero-order valence-corrected chi connectivity index (χ0v) is 13.7. The van der Waals surface area contributed by atoms with Crippen LogP contribution in [0.25, 0.3) is 0 Å². The van der Waals surface area contributed by atoms with E-state index < -0.39 is 0 Å². The highest BCUT2D eigenvalue weighted by Crippen LogP contribution is 2.29. The van der Waals surface area contributed by atoms with Crippen LogP contribution in [0.5, 0.6) is 11.5 Å². The van der Waals surface area contributed by atoms with E-state index in [1.807, 2.05) is 18.2 Å². The van der Waals surface area contributed by atoms with Gasteiger partial charge in [0.05, 0.1) is 20.4 Å². The second-order valence-corrected chi connectivity index (χ2v) is 5.17. The van der Waals surface area contributed by atoms with E-state index in [0.29, 0.717) is 21.5 Å². The SMILES string of the molecule is COc1cccc(/C=N\OCc2ccc(Cl)cc2Cl)c1OC. The fourth-order valence-electron chi connectivity index (χ4n) is 1.85. The van der Waals surface area contributed by atoms with E-state index in [-0.39, 0.29) is 6.61 Å². The Morgan fingerprint density at radius 2 is 1.91 bits per heavy atom. The lowest BCUT2D eigenvalue weighted by molar-refractivity contribution is 0.132. The summed E-state index contributed by atoms with van der Waals surface area (Å²) in [6.45, 7) is 0.249. The Kier molecular flexibility index (Phi) is 5.92. The molecule has 0 atom stereocenters.